The third-order valence-corrected chi connectivity index (χ3v) is 4.87. The monoisotopic (exact) mass is 296 g/mol. The lowest BCUT2D eigenvalue weighted by Crippen LogP contribution is -2.45. The third kappa shape index (κ3) is 3.72. The summed E-state index contributed by atoms with van der Waals surface area (Å²) >= 11 is 1.69. The average Bonchev–Trinajstić information content (AvgIpc) is 3.04. The van der Waals surface area contributed by atoms with Crippen molar-refractivity contribution < 1.29 is 14.7 Å². The highest BCUT2D eigenvalue weighted by molar-refractivity contribution is 7.11. The summed E-state index contributed by atoms with van der Waals surface area (Å²) < 4.78 is 0. The van der Waals surface area contributed by atoms with Crippen LogP contribution in [0.15, 0.2) is 12.1 Å². The first-order valence-electron chi connectivity index (χ1n) is 6.95. The Morgan fingerprint density at radius 2 is 2.10 bits per heavy atom. The van der Waals surface area contributed by atoms with Crippen LogP contribution >= 0.6 is 11.3 Å². The van der Waals surface area contributed by atoms with Gasteiger partial charge in [-0.2, -0.15) is 0 Å². The lowest BCUT2D eigenvalue weighted by Gasteiger charge is -2.17. The fourth-order valence-corrected chi connectivity index (χ4v) is 3.42. The average molecular weight is 296 g/mol. The molecule has 1 heterocycles. The third-order valence-electron chi connectivity index (χ3n) is 3.64. The predicted octanol–water partition coefficient (Wildman–Crippen LogP) is 2.36. The summed E-state index contributed by atoms with van der Waals surface area (Å²) in [6.07, 6.45) is 3.24. The number of hydrogen-bond donors (Lipinski definition) is 3. The van der Waals surface area contributed by atoms with Gasteiger partial charge in [0, 0.05) is 15.8 Å². The van der Waals surface area contributed by atoms with Gasteiger partial charge in [0.25, 0.3) is 0 Å². The van der Waals surface area contributed by atoms with Gasteiger partial charge >= 0.3 is 12.0 Å². The molecule has 1 fully saturated rings. The molecule has 1 aromatic rings. The molecule has 6 heteroatoms. The summed E-state index contributed by atoms with van der Waals surface area (Å²) in [7, 11) is 0. The van der Waals surface area contributed by atoms with E-state index in [1.165, 1.54) is 4.88 Å². The smallest absolute Gasteiger partial charge is 0.315 e. The van der Waals surface area contributed by atoms with E-state index in [1.807, 2.05) is 6.07 Å². The standard InChI is InChI=1S/C14H20N2O3S/c1-2-9-6-7-10(20-9)8-15-14(19)16-12-5-3-4-11(12)13(17)18/h6-7,11-12H,2-5,8H2,1H3,(H,17,18)(H2,15,16,19). The van der Waals surface area contributed by atoms with Crippen LogP contribution in [0.1, 0.15) is 35.9 Å². The molecule has 0 bridgehead atoms. The molecule has 0 spiro atoms. The first-order chi connectivity index (χ1) is 9.60. The van der Waals surface area contributed by atoms with Gasteiger partial charge in [0.1, 0.15) is 0 Å². The van der Waals surface area contributed by atoms with Crippen LogP contribution in [0.5, 0.6) is 0 Å². The normalized spacial score (nSPS) is 21.6. The molecule has 0 radical (unpaired) electrons. The van der Waals surface area contributed by atoms with Crippen LogP contribution in [-0.2, 0) is 17.8 Å². The Morgan fingerprint density at radius 1 is 1.35 bits per heavy atom. The molecule has 2 amide bonds. The van der Waals surface area contributed by atoms with Gasteiger partial charge in [-0.25, -0.2) is 4.79 Å². The zero-order valence-corrected chi connectivity index (χ0v) is 12.3. The summed E-state index contributed by atoms with van der Waals surface area (Å²) in [5.74, 6) is -1.27. The molecule has 2 unspecified atom stereocenters. The van der Waals surface area contributed by atoms with Crippen LogP contribution in [-0.4, -0.2) is 23.1 Å². The number of rotatable bonds is 5. The summed E-state index contributed by atoms with van der Waals surface area (Å²) in [6.45, 7) is 2.59. The van der Waals surface area contributed by atoms with E-state index >= 15 is 0 Å². The maximum absolute atomic E-state index is 11.8. The number of nitrogens with one attached hydrogen (secondary N) is 2. The van der Waals surface area contributed by atoms with Crippen molar-refractivity contribution in [3.8, 4) is 0 Å². The lowest BCUT2D eigenvalue weighted by atomic mass is 10.0. The van der Waals surface area contributed by atoms with Crippen molar-refractivity contribution in [3.05, 3.63) is 21.9 Å². The van der Waals surface area contributed by atoms with E-state index in [1.54, 1.807) is 11.3 Å². The molecule has 0 saturated heterocycles. The maximum atomic E-state index is 11.8. The van der Waals surface area contributed by atoms with Crippen molar-refractivity contribution in [2.24, 2.45) is 5.92 Å². The van der Waals surface area contributed by atoms with E-state index in [-0.39, 0.29) is 12.1 Å². The molecule has 110 valence electrons. The topological polar surface area (TPSA) is 78.4 Å². The molecule has 1 aliphatic carbocycles. The predicted molar refractivity (Wildman–Crippen MR) is 77.8 cm³/mol. The minimum absolute atomic E-state index is 0.248. The highest BCUT2D eigenvalue weighted by Gasteiger charge is 2.33. The number of thiophene rings is 1. The van der Waals surface area contributed by atoms with E-state index in [0.29, 0.717) is 13.0 Å². The molecule has 2 rings (SSSR count). The highest BCUT2D eigenvalue weighted by atomic mass is 32.1. The number of aryl methyl sites for hydroxylation is 1. The molecular formula is C14H20N2O3S. The van der Waals surface area contributed by atoms with Crippen LogP contribution in [0.2, 0.25) is 0 Å². The van der Waals surface area contributed by atoms with Crippen molar-refractivity contribution >= 4 is 23.3 Å². The number of carbonyl (C=O) groups is 2. The minimum Gasteiger partial charge on any atom is -0.481 e. The van der Waals surface area contributed by atoms with Gasteiger partial charge in [-0.3, -0.25) is 4.79 Å². The second kappa shape index (κ2) is 6.74. The molecule has 20 heavy (non-hydrogen) atoms. The summed E-state index contributed by atoms with van der Waals surface area (Å²) in [5.41, 5.74) is 0. The van der Waals surface area contributed by atoms with Crippen LogP contribution in [0, 0.1) is 5.92 Å². The number of hydrogen-bond acceptors (Lipinski definition) is 3. The molecule has 2 atom stereocenters. The van der Waals surface area contributed by atoms with Gasteiger partial charge in [0.2, 0.25) is 0 Å². The molecular weight excluding hydrogens is 276 g/mol. The molecule has 1 aliphatic rings. The first-order valence-corrected chi connectivity index (χ1v) is 7.76. The Hall–Kier alpha value is -1.56. The Labute approximate surface area is 122 Å². The highest BCUT2D eigenvalue weighted by Crippen LogP contribution is 2.25. The van der Waals surface area contributed by atoms with Crippen LogP contribution < -0.4 is 10.6 Å². The van der Waals surface area contributed by atoms with Gasteiger partial charge in [-0.1, -0.05) is 13.3 Å². The van der Waals surface area contributed by atoms with E-state index < -0.39 is 11.9 Å². The summed E-state index contributed by atoms with van der Waals surface area (Å²) in [5, 5.41) is 14.6. The number of carbonyl (C=O) groups excluding carboxylic acids is 1. The molecule has 1 saturated carbocycles. The summed E-state index contributed by atoms with van der Waals surface area (Å²) in [6, 6.07) is 3.55. The Kier molecular flexibility index (Phi) is 5.00. The SMILES string of the molecule is CCc1ccc(CNC(=O)NC2CCCC2C(=O)O)s1. The van der Waals surface area contributed by atoms with Crippen LogP contribution in [0.4, 0.5) is 4.79 Å². The molecule has 0 aromatic carbocycles. The number of amides is 2. The number of carboxylic acid groups (broad SMARTS) is 1. The lowest BCUT2D eigenvalue weighted by molar-refractivity contribution is -0.142. The summed E-state index contributed by atoms with van der Waals surface area (Å²) in [4.78, 5) is 25.2. The van der Waals surface area contributed by atoms with Crippen molar-refractivity contribution in [1.29, 1.82) is 0 Å². The minimum atomic E-state index is -0.821. The Bertz CT molecular complexity index is 487. The number of urea groups is 1. The number of aliphatic carboxylic acids is 1. The van der Waals surface area contributed by atoms with Crippen molar-refractivity contribution in [2.45, 2.75) is 45.2 Å². The fourth-order valence-electron chi connectivity index (χ4n) is 2.52. The van der Waals surface area contributed by atoms with Crippen molar-refractivity contribution in [3.63, 3.8) is 0 Å². The fraction of sp³-hybridized carbons (Fsp3) is 0.571. The molecule has 5 nitrogen and oxygen atoms in total. The first kappa shape index (κ1) is 14.8. The van der Waals surface area contributed by atoms with Gasteiger partial charge in [-0.05, 0) is 31.4 Å². The molecule has 1 aromatic heterocycles. The maximum Gasteiger partial charge on any atom is 0.315 e. The van der Waals surface area contributed by atoms with Gasteiger partial charge in [0.15, 0.2) is 0 Å². The Balaban J connectivity index is 1.79. The number of carboxylic acids is 1. The van der Waals surface area contributed by atoms with E-state index in [0.717, 1.165) is 24.1 Å². The van der Waals surface area contributed by atoms with Gasteiger partial charge in [0.05, 0.1) is 12.5 Å². The van der Waals surface area contributed by atoms with Gasteiger partial charge in [-0.15, -0.1) is 11.3 Å². The molecule has 3 N–H and O–H groups in total. The quantitative estimate of drug-likeness (QED) is 0.780. The zero-order valence-electron chi connectivity index (χ0n) is 11.5. The van der Waals surface area contributed by atoms with Crippen molar-refractivity contribution in [1.82, 2.24) is 10.6 Å². The molecule has 0 aliphatic heterocycles. The van der Waals surface area contributed by atoms with Crippen LogP contribution in [0.3, 0.4) is 0 Å². The van der Waals surface area contributed by atoms with E-state index in [9.17, 15) is 9.59 Å². The van der Waals surface area contributed by atoms with E-state index in [4.69, 9.17) is 5.11 Å². The van der Waals surface area contributed by atoms with Gasteiger partial charge < -0.3 is 15.7 Å². The Morgan fingerprint density at radius 3 is 2.75 bits per heavy atom. The zero-order chi connectivity index (χ0) is 14.5. The van der Waals surface area contributed by atoms with E-state index in [2.05, 4.69) is 23.6 Å². The second-order valence-corrected chi connectivity index (χ2v) is 6.28. The second-order valence-electron chi connectivity index (χ2n) is 5.03. The largest absolute Gasteiger partial charge is 0.481 e. The van der Waals surface area contributed by atoms with Crippen molar-refractivity contribution in [2.75, 3.05) is 0 Å². The van der Waals surface area contributed by atoms with Crippen LogP contribution in [0.25, 0.3) is 0 Å².